The standard InChI is InChI=1S/C40H24O2/c1-2-11-25(12-3-1)38-29-14-4-6-16-31(29)39(32-17-7-5-15-30(32)38)34-24-41-37-20-10-18-27(40(34)37)26-21-22-36-33(23-26)28-13-8-9-19-35(28)42-36/h1-24H/i8D,9D,13D,19D. The van der Waals surface area contributed by atoms with Crippen molar-refractivity contribution in [1.29, 1.82) is 0 Å². The van der Waals surface area contributed by atoms with Crippen LogP contribution < -0.4 is 0 Å². The topological polar surface area (TPSA) is 26.3 Å². The van der Waals surface area contributed by atoms with Gasteiger partial charge >= 0.3 is 0 Å². The number of benzene rings is 7. The summed E-state index contributed by atoms with van der Waals surface area (Å²) in [5, 5.41) is 6.58. The van der Waals surface area contributed by atoms with Crippen molar-refractivity contribution in [3.05, 3.63) is 146 Å². The van der Waals surface area contributed by atoms with Crippen molar-refractivity contribution in [3.8, 4) is 33.4 Å². The van der Waals surface area contributed by atoms with Gasteiger partial charge < -0.3 is 8.83 Å². The van der Waals surface area contributed by atoms with E-state index in [1.165, 1.54) is 5.56 Å². The second-order valence-corrected chi connectivity index (χ2v) is 10.6. The van der Waals surface area contributed by atoms with E-state index in [0.717, 1.165) is 60.3 Å². The molecule has 0 bridgehead atoms. The van der Waals surface area contributed by atoms with E-state index in [-0.39, 0.29) is 29.8 Å². The Morgan fingerprint density at radius 2 is 1.14 bits per heavy atom. The van der Waals surface area contributed by atoms with Gasteiger partial charge in [-0.05, 0) is 68.0 Å². The Bertz CT molecular complexity index is 2630. The highest BCUT2D eigenvalue weighted by atomic mass is 16.3. The van der Waals surface area contributed by atoms with Gasteiger partial charge in [0.05, 0.1) is 11.7 Å². The van der Waals surface area contributed by atoms with Gasteiger partial charge in [-0.2, -0.15) is 0 Å². The minimum absolute atomic E-state index is 0.106. The maximum atomic E-state index is 8.62. The Labute approximate surface area is 247 Å². The van der Waals surface area contributed by atoms with E-state index in [9.17, 15) is 0 Å². The van der Waals surface area contributed by atoms with Crippen molar-refractivity contribution >= 4 is 54.5 Å². The van der Waals surface area contributed by atoms with Gasteiger partial charge in [-0.25, -0.2) is 0 Å². The summed E-state index contributed by atoms with van der Waals surface area (Å²) in [4.78, 5) is 0. The zero-order chi connectivity index (χ0) is 31.1. The summed E-state index contributed by atoms with van der Waals surface area (Å²) in [7, 11) is 0. The number of hydrogen-bond donors (Lipinski definition) is 0. The van der Waals surface area contributed by atoms with E-state index in [0.29, 0.717) is 16.4 Å². The molecule has 0 aliphatic carbocycles. The first-order valence-electron chi connectivity index (χ1n) is 15.9. The summed E-state index contributed by atoms with van der Waals surface area (Å²) in [6.07, 6.45) is 1.85. The van der Waals surface area contributed by atoms with E-state index in [1.54, 1.807) is 0 Å². The lowest BCUT2D eigenvalue weighted by atomic mass is 9.85. The van der Waals surface area contributed by atoms with E-state index >= 15 is 0 Å². The average Bonchev–Trinajstić information content (AvgIpc) is 3.71. The summed E-state index contributed by atoms with van der Waals surface area (Å²) < 4.78 is 45.6. The molecule has 0 fully saturated rings. The van der Waals surface area contributed by atoms with Crippen LogP contribution in [-0.4, -0.2) is 0 Å². The van der Waals surface area contributed by atoms with Gasteiger partial charge in [-0.1, -0.05) is 115 Å². The Morgan fingerprint density at radius 3 is 1.90 bits per heavy atom. The molecular formula is C40H24O2. The highest BCUT2D eigenvalue weighted by molar-refractivity contribution is 6.24. The molecule has 9 aromatic rings. The quantitative estimate of drug-likeness (QED) is 0.208. The van der Waals surface area contributed by atoms with Gasteiger partial charge in [0.2, 0.25) is 0 Å². The minimum atomic E-state index is -0.303. The van der Waals surface area contributed by atoms with Crippen LogP contribution in [0.3, 0.4) is 0 Å². The van der Waals surface area contributed by atoms with E-state index in [2.05, 4.69) is 78.9 Å². The van der Waals surface area contributed by atoms with Gasteiger partial charge in [-0.15, -0.1) is 0 Å². The fourth-order valence-corrected chi connectivity index (χ4v) is 6.51. The summed E-state index contributed by atoms with van der Waals surface area (Å²) in [5.41, 5.74) is 7.73. The SMILES string of the molecule is [2H]c1c([2H])c([2H])c2c(oc3ccc(-c4cccc5occ(-c6c7ccccc7c(-c7ccccc7)c7ccccc67)c45)cc32)c1[2H]. The second-order valence-electron chi connectivity index (χ2n) is 10.6. The van der Waals surface area contributed by atoms with Crippen LogP contribution in [0.15, 0.2) is 155 Å². The number of para-hydroxylation sites is 1. The third-order valence-electron chi connectivity index (χ3n) is 8.29. The Hall–Kier alpha value is -5.60. The zero-order valence-electron chi connectivity index (χ0n) is 26.4. The lowest BCUT2D eigenvalue weighted by Gasteiger charge is -2.17. The summed E-state index contributed by atoms with van der Waals surface area (Å²) in [6.45, 7) is 0. The first kappa shape index (κ1) is 19.5. The summed E-state index contributed by atoms with van der Waals surface area (Å²) >= 11 is 0. The molecule has 0 N–H and O–H groups in total. The first-order chi connectivity index (χ1) is 22.5. The first-order valence-corrected chi connectivity index (χ1v) is 13.9. The summed E-state index contributed by atoms with van der Waals surface area (Å²) in [5.74, 6) is 0. The lowest BCUT2D eigenvalue weighted by Crippen LogP contribution is -1.90. The van der Waals surface area contributed by atoms with Crippen molar-refractivity contribution < 1.29 is 14.3 Å². The molecule has 0 radical (unpaired) electrons. The molecule has 2 heterocycles. The Morgan fingerprint density at radius 1 is 0.452 bits per heavy atom. The molecule has 0 aliphatic heterocycles. The molecule has 2 heteroatoms. The third kappa shape index (κ3) is 3.33. The maximum absolute atomic E-state index is 8.62. The van der Waals surface area contributed by atoms with Crippen LogP contribution in [0, 0.1) is 0 Å². The predicted molar refractivity (Wildman–Crippen MR) is 175 cm³/mol. The van der Waals surface area contributed by atoms with Crippen molar-refractivity contribution in [3.63, 3.8) is 0 Å². The van der Waals surface area contributed by atoms with Crippen molar-refractivity contribution in [1.82, 2.24) is 0 Å². The van der Waals surface area contributed by atoms with Crippen molar-refractivity contribution in [2.75, 3.05) is 0 Å². The van der Waals surface area contributed by atoms with E-state index in [4.69, 9.17) is 14.3 Å². The summed E-state index contributed by atoms with van der Waals surface area (Å²) in [6, 6.07) is 38.6. The van der Waals surface area contributed by atoms with Crippen LogP contribution in [-0.2, 0) is 0 Å². The molecule has 0 saturated heterocycles. The Balaban J connectivity index is 1.36. The molecule has 0 aliphatic rings. The fourth-order valence-electron chi connectivity index (χ4n) is 6.51. The van der Waals surface area contributed by atoms with Crippen LogP contribution >= 0.6 is 0 Å². The molecule has 42 heavy (non-hydrogen) atoms. The van der Waals surface area contributed by atoms with Crippen molar-refractivity contribution in [2.24, 2.45) is 0 Å². The molecule has 196 valence electrons. The minimum Gasteiger partial charge on any atom is -0.464 e. The predicted octanol–water partition coefficient (Wildman–Crippen LogP) is 11.6. The van der Waals surface area contributed by atoms with Gasteiger partial charge in [0.1, 0.15) is 16.7 Å². The smallest absolute Gasteiger partial charge is 0.135 e. The average molecular weight is 541 g/mol. The molecule has 0 spiro atoms. The van der Waals surface area contributed by atoms with E-state index < -0.39 is 0 Å². The third-order valence-corrected chi connectivity index (χ3v) is 8.29. The second kappa shape index (κ2) is 8.95. The van der Waals surface area contributed by atoms with Crippen LogP contribution in [0.4, 0.5) is 0 Å². The van der Waals surface area contributed by atoms with Crippen molar-refractivity contribution in [2.45, 2.75) is 0 Å². The molecule has 2 nitrogen and oxygen atoms in total. The number of rotatable bonds is 3. The molecule has 0 saturated carbocycles. The van der Waals surface area contributed by atoms with Gasteiger partial charge in [0.15, 0.2) is 0 Å². The highest BCUT2D eigenvalue weighted by Gasteiger charge is 2.21. The molecule has 0 unspecified atom stereocenters. The van der Waals surface area contributed by atoms with Crippen LogP contribution in [0.5, 0.6) is 0 Å². The van der Waals surface area contributed by atoms with Gasteiger partial charge in [0, 0.05) is 27.3 Å². The van der Waals surface area contributed by atoms with E-state index in [1.807, 2.05) is 42.7 Å². The van der Waals surface area contributed by atoms with Crippen LogP contribution in [0.25, 0.3) is 87.8 Å². The molecule has 0 atom stereocenters. The number of furan rings is 2. The van der Waals surface area contributed by atoms with Crippen LogP contribution in [0.1, 0.15) is 5.48 Å². The largest absolute Gasteiger partial charge is 0.464 e. The maximum Gasteiger partial charge on any atom is 0.135 e. The zero-order valence-corrected chi connectivity index (χ0v) is 22.4. The molecule has 0 amide bonds. The number of fused-ring (bicyclic) bond motifs is 6. The highest BCUT2D eigenvalue weighted by Crippen LogP contribution is 2.47. The van der Waals surface area contributed by atoms with Gasteiger partial charge in [0.25, 0.3) is 0 Å². The molecule has 9 rings (SSSR count). The molecule has 2 aromatic heterocycles. The molecular weight excluding hydrogens is 512 g/mol. The normalized spacial score (nSPS) is 13.1. The van der Waals surface area contributed by atoms with Crippen LogP contribution in [0.2, 0.25) is 0 Å². The van der Waals surface area contributed by atoms with Gasteiger partial charge in [-0.3, -0.25) is 0 Å². The number of hydrogen-bond acceptors (Lipinski definition) is 2. The fraction of sp³-hybridized carbons (Fsp3) is 0. The monoisotopic (exact) mass is 540 g/mol. The lowest BCUT2D eigenvalue weighted by molar-refractivity contribution is 0.617. The Kier molecular flexibility index (Phi) is 4.15. The molecule has 7 aromatic carbocycles.